The van der Waals surface area contributed by atoms with Crippen molar-refractivity contribution in [1.82, 2.24) is 4.98 Å². The normalized spacial score (nSPS) is 10.5. The zero-order valence-corrected chi connectivity index (χ0v) is 13.5. The van der Waals surface area contributed by atoms with Crippen LogP contribution in [0.2, 0.25) is 5.02 Å². The molecule has 1 N–H and O–H groups in total. The average Bonchev–Trinajstić information content (AvgIpc) is 2.97. The lowest BCUT2D eigenvalue weighted by atomic mass is 10.1. The largest absolute Gasteiger partial charge is 0.298 e. The van der Waals surface area contributed by atoms with Gasteiger partial charge in [-0.05, 0) is 42.0 Å². The number of nitrogens with one attached hydrogen (secondary N) is 1. The Balaban J connectivity index is 1.66. The van der Waals surface area contributed by atoms with Crippen LogP contribution in [0.3, 0.4) is 0 Å². The zero-order chi connectivity index (χ0) is 16.2. The third-order valence-corrected chi connectivity index (χ3v) is 4.34. The minimum atomic E-state index is -0.256. The van der Waals surface area contributed by atoms with E-state index in [2.05, 4.69) is 10.3 Å². The maximum atomic E-state index is 12.9. The first kappa shape index (κ1) is 15.6. The van der Waals surface area contributed by atoms with E-state index >= 15 is 0 Å². The van der Waals surface area contributed by atoms with Gasteiger partial charge in [-0.15, -0.1) is 11.3 Å². The van der Waals surface area contributed by atoms with Crippen molar-refractivity contribution in [2.75, 3.05) is 5.32 Å². The molecule has 2 aromatic carbocycles. The number of anilines is 1. The number of hydrogen-bond acceptors (Lipinski definition) is 3. The third-order valence-electron chi connectivity index (χ3n) is 3.17. The summed E-state index contributed by atoms with van der Waals surface area (Å²) in [7, 11) is 0. The number of halogens is 2. The van der Waals surface area contributed by atoms with Crippen LogP contribution in [0.15, 0.2) is 54.7 Å². The number of nitrogens with zero attached hydrogens (tertiary/aromatic N) is 1. The van der Waals surface area contributed by atoms with Gasteiger partial charge >= 0.3 is 0 Å². The Morgan fingerprint density at radius 2 is 1.83 bits per heavy atom. The van der Waals surface area contributed by atoms with Gasteiger partial charge in [0.05, 0.1) is 0 Å². The Labute approximate surface area is 141 Å². The lowest BCUT2D eigenvalue weighted by molar-refractivity contribution is 0.102. The molecule has 0 bridgehead atoms. The highest BCUT2D eigenvalue weighted by molar-refractivity contribution is 7.15. The molecule has 1 amide bonds. The number of amides is 1. The monoisotopic (exact) mass is 346 g/mol. The standard InChI is InChI=1S/C17H12ClFN2OS/c18-13-5-3-12(4-6-13)16(22)21-17-20-10-15(23-17)9-11-1-7-14(19)8-2-11/h1-8,10H,9H2,(H,20,21,22). The average molecular weight is 347 g/mol. The van der Waals surface area contributed by atoms with Gasteiger partial charge in [-0.1, -0.05) is 23.7 Å². The summed E-state index contributed by atoms with van der Waals surface area (Å²) in [6.45, 7) is 0. The maximum Gasteiger partial charge on any atom is 0.257 e. The summed E-state index contributed by atoms with van der Waals surface area (Å²) in [4.78, 5) is 17.3. The molecule has 0 saturated heterocycles. The molecule has 0 aliphatic rings. The molecule has 0 spiro atoms. The van der Waals surface area contributed by atoms with Crippen molar-refractivity contribution in [1.29, 1.82) is 0 Å². The van der Waals surface area contributed by atoms with Crippen LogP contribution in [0.25, 0.3) is 0 Å². The number of thiazole rings is 1. The first-order valence-corrected chi connectivity index (χ1v) is 8.06. The van der Waals surface area contributed by atoms with Crippen molar-refractivity contribution in [3.05, 3.63) is 81.6 Å². The lowest BCUT2D eigenvalue weighted by Crippen LogP contribution is -2.11. The van der Waals surface area contributed by atoms with Crippen molar-refractivity contribution < 1.29 is 9.18 Å². The van der Waals surface area contributed by atoms with Gasteiger partial charge in [0.1, 0.15) is 5.82 Å². The Bertz CT molecular complexity index is 815. The molecular weight excluding hydrogens is 335 g/mol. The second kappa shape index (κ2) is 6.89. The number of carbonyl (C=O) groups excluding carboxylic acids is 1. The molecule has 3 aromatic rings. The first-order valence-electron chi connectivity index (χ1n) is 6.86. The number of hydrogen-bond donors (Lipinski definition) is 1. The van der Waals surface area contributed by atoms with Crippen LogP contribution in [0, 0.1) is 5.82 Å². The highest BCUT2D eigenvalue weighted by Gasteiger charge is 2.09. The van der Waals surface area contributed by atoms with Gasteiger partial charge in [-0.2, -0.15) is 0 Å². The molecule has 6 heteroatoms. The summed E-state index contributed by atoms with van der Waals surface area (Å²) < 4.78 is 12.9. The van der Waals surface area contributed by atoms with Crippen molar-refractivity contribution in [2.45, 2.75) is 6.42 Å². The van der Waals surface area contributed by atoms with Crippen LogP contribution in [-0.2, 0) is 6.42 Å². The number of carbonyl (C=O) groups is 1. The van der Waals surface area contributed by atoms with Gasteiger partial charge in [0.25, 0.3) is 5.91 Å². The fraction of sp³-hybridized carbons (Fsp3) is 0.0588. The van der Waals surface area contributed by atoms with E-state index < -0.39 is 0 Å². The van der Waals surface area contributed by atoms with E-state index in [0.717, 1.165) is 10.4 Å². The van der Waals surface area contributed by atoms with Gasteiger partial charge in [-0.25, -0.2) is 9.37 Å². The second-order valence-electron chi connectivity index (χ2n) is 4.90. The maximum absolute atomic E-state index is 12.9. The van der Waals surface area contributed by atoms with Crippen LogP contribution >= 0.6 is 22.9 Å². The molecular formula is C17H12ClFN2OS. The summed E-state index contributed by atoms with van der Waals surface area (Å²) >= 11 is 7.20. The van der Waals surface area contributed by atoms with Gasteiger partial charge in [0.2, 0.25) is 0 Å². The SMILES string of the molecule is O=C(Nc1ncc(Cc2ccc(F)cc2)s1)c1ccc(Cl)cc1. The number of benzene rings is 2. The van der Waals surface area contributed by atoms with Gasteiger partial charge in [0.15, 0.2) is 5.13 Å². The topological polar surface area (TPSA) is 42.0 Å². The summed E-state index contributed by atoms with van der Waals surface area (Å²) in [6, 6.07) is 13.0. The lowest BCUT2D eigenvalue weighted by Gasteiger charge is -2.01. The molecule has 0 aliphatic heterocycles. The predicted octanol–water partition coefficient (Wildman–Crippen LogP) is 4.78. The molecule has 23 heavy (non-hydrogen) atoms. The summed E-state index contributed by atoms with van der Waals surface area (Å²) in [5, 5.41) is 3.87. The van der Waals surface area contributed by atoms with Crippen LogP contribution in [0.5, 0.6) is 0 Å². The zero-order valence-electron chi connectivity index (χ0n) is 11.9. The van der Waals surface area contributed by atoms with Crippen molar-refractivity contribution >= 4 is 34.0 Å². The molecule has 0 aliphatic carbocycles. The summed E-state index contributed by atoms with van der Waals surface area (Å²) in [5.41, 5.74) is 1.51. The Kier molecular flexibility index (Phi) is 4.69. The minimum absolute atomic E-state index is 0.232. The molecule has 1 aromatic heterocycles. The number of rotatable bonds is 4. The van der Waals surface area contributed by atoms with E-state index in [1.807, 2.05) is 0 Å². The molecule has 0 radical (unpaired) electrons. The van der Waals surface area contributed by atoms with Crippen molar-refractivity contribution in [2.24, 2.45) is 0 Å². The van der Waals surface area contributed by atoms with Crippen LogP contribution in [0.4, 0.5) is 9.52 Å². The molecule has 0 saturated carbocycles. The molecule has 0 fully saturated rings. The van der Waals surface area contributed by atoms with E-state index in [1.54, 1.807) is 42.6 Å². The third kappa shape index (κ3) is 4.15. The molecule has 116 valence electrons. The quantitative estimate of drug-likeness (QED) is 0.738. The van der Waals surface area contributed by atoms with Crippen molar-refractivity contribution in [3.63, 3.8) is 0 Å². The Morgan fingerprint density at radius 3 is 2.52 bits per heavy atom. The van der Waals surface area contributed by atoms with Gasteiger partial charge < -0.3 is 0 Å². The molecule has 0 unspecified atom stereocenters. The van der Waals surface area contributed by atoms with E-state index in [1.165, 1.54) is 23.5 Å². The summed E-state index contributed by atoms with van der Waals surface area (Å²) in [5.74, 6) is -0.488. The molecule has 3 nitrogen and oxygen atoms in total. The van der Waals surface area contributed by atoms with E-state index in [4.69, 9.17) is 11.6 Å². The molecule has 3 rings (SSSR count). The van der Waals surface area contributed by atoms with Crippen molar-refractivity contribution in [3.8, 4) is 0 Å². The van der Waals surface area contributed by atoms with Crippen LogP contribution < -0.4 is 5.32 Å². The van der Waals surface area contributed by atoms with E-state index in [9.17, 15) is 9.18 Å². The van der Waals surface area contributed by atoms with E-state index in [-0.39, 0.29) is 11.7 Å². The smallest absolute Gasteiger partial charge is 0.257 e. The molecule has 0 atom stereocenters. The van der Waals surface area contributed by atoms with Gasteiger partial charge in [-0.3, -0.25) is 10.1 Å². The highest BCUT2D eigenvalue weighted by atomic mass is 35.5. The fourth-order valence-electron chi connectivity index (χ4n) is 2.02. The Hall–Kier alpha value is -2.24. The second-order valence-corrected chi connectivity index (χ2v) is 6.45. The number of aromatic nitrogens is 1. The first-order chi connectivity index (χ1) is 11.1. The van der Waals surface area contributed by atoms with Gasteiger partial charge in [0, 0.05) is 28.1 Å². The van der Waals surface area contributed by atoms with E-state index in [0.29, 0.717) is 22.1 Å². The Morgan fingerprint density at radius 1 is 1.13 bits per heavy atom. The van der Waals surface area contributed by atoms with Crippen LogP contribution in [-0.4, -0.2) is 10.9 Å². The summed E-state index contributed by atoms with van der Waals surface area (Å²) in [6.07, 6.45) is 2.36. The van der Waals surface area contributed by atoms with Crippen LogP contribution in [0.1, 0.15) is 20.8 Å². The minimum Gasteiger partial charge on any atom is -0.298 e. The fourth-order valence-corrected chi connectivity index (χ4v) is 2.99. The molecule has 1 heterocycles. The highest BCUT2D eigenvalue weighted by Crippen LogP contribution is 2.22. The predicted molar refractivity (Wildman–Crippen MR) is 90.7 cm³/mol.